The molecule has 43 heavy (non-hydrogen) atoms. The summed E-state index contributed by atoms with van der Waals surface area (Å²) < 4.78 is 13.2. The molecule has 4 rings (SSSR count). The molecule has 4 saturated carbocycles. The molecule has 0 spiro atoms. The summed E-state index contributed by atoms with van der Waals surface area (Å²) in [5.74, 6) is 4.77. The van der Waals surface area contributed by atoms with E-state index in [1.807, 2.05) is 0 Å². The number of hydrogen-bond acceptors (Lipinski definition) is 5. The summed E-state index contributed by atoms with van der Waals surface area (Å²) >= 11 is 0. The molecule has 10 atom stereocenters. The van der Waals surface area contributed by atoms with E-state index in [9.17, 15) is 0 Å². The van der Waals surface area contributed by atoms with E-state index in [0.717, 1.165) is 74.7 Å². The van der Waals surface area contributed by atoms with Gasteiger partial charge in [0.25, 0.3) is 0 Å². The number of rotatable bonds is 20. The largest absolute Gasteiger partial charge is 0.378 e. The van der Waals surface area contributed by atoms with E-state index in [0.29, 0.717) is 23.0 Å². The van der Waals surface area contributed by atoms with Crippen molar-refractivity contribution in [1.82, 2.24) is 5.32 Å². The van der Waals surface area contributed by atoms with Gasteiger partial charge >= 0.3 is 0 Å². The van der Waals surface area contributed by atoms with Crippen LogP contribution in [0, 0.1) is 46.3 Å². The van der Waals surface area contributed by atoms with Crippen LogP contribution in [0.25, 0.3) is 0 Å². The summed E-state index contributed by atoms with van der Waals surface area (Å²) in [7, 11) is 0. The summed E-state index contributed by atoms with van der Waals surface area (Å²) in [6.45, 7) is 15.8. The molecule has 0 aromatic carbocycles. The third kappa shape index (κ3) is 8.79. The molecule has 3 unspecified atom stereocenters. The van der Waals surface area contributed by atoms with Gasteiger partial charge in [-0.05, 0) is 156 Å². The maximum atomic E-state index is 6.86. The molecule has 0 bridgehead atoms. The smallest absolute Gasteiger partial charge is 0.0611 e. The van der Waals surface area contributed by atoms with Gasteiger partial charge in [0.1, 0.15) is 0 Å². The van der Waals surface area contributed by atoms with E-state index in [2.05, 4.69) is 33.0 Å². The average Bonchev–Trinajstić information content (AvgIpc) is 3.36. The van der Waals surface area contributed by atoms with E-state index >= 15 is 0 Å². The number of nitrogens with one attached hydrogen (secondary N) is 1. The maximum Gasteiger partial charge on any atom is 0.0611 e. The highest BCUT2D eigenvalue weighted by Crippen LogP contribution is 2.68. The third-order valence-corrected chi connectivity index (χ3v) is 13.5. The minimum Gasteiger partial charge on any atom is -0.378 e. The van der Waals surface area contributed by atoms with Gasteiger partial charge in [0.05, 0.1) is 12.2 Å². The topological polar surface area (TPSA) is 82.5 Å². The van der Waals surface area contributed by atoms with Gasteiger partial charge in [0, 0.05) is 13.2 Å². The normalized spacial score (nSPS) is 38.0. The molecule has 4 fully saturated rings. The van der Waals surface area contributed by atoms with Gasteiger partial charge in [-0.25, -0.2) is 0 Å². The Balaban J connectivity index is 1.34. The van der Waals surface area contributed by atoms with Crippen LogP contribution in [0.1, 0.15) is 143 Å². The quantitative estimate of drug-likeness (QED) is 0.123. The average molecular weight is 604 g/mol. The second-order valence-corrected chi connectivity index (χ2v) is 16.1. The monoisotopic (exact) mass is 604 g/mol. The lowest BCUT2D eigenvalue weighted by atomic mass is 9.43. The van der Waals surface area contributed by atoms with Crippen LogP contribution in [-0.4, -0.2) is 51.6 Å². The van der Waals surface area contributed by atoms with Gasteiger partial charge in [-0.1, -0.05) is 59.8 Å². The van der Waals surface area contributed by atoms with Crippen LogP contribution in [0.4, 0.5) is 0 Å². The first-order chi connectivity index (χ1) is 20.9. The van der Waals surface area contributed by atoms with Crippen LogP contribution < -0.4 is 16.8 Å². The van der Waals surface area contributed by atoms with E-state index in [1.54, 1.807) is 0 Å². The van der Waals surface area contributed by atoms with E-state index < -0.39 is 0 Å². The van der Waals surface area contributed by atoms with Gasteiger partial charge in [-0.2, -0.15) is 0 Å². The zero-order chi connectivity index (χ0) is 30.7. The van der Waals surface area contributed by atoms with Crippen molar-refractivity contribution in [1.29, 1.82) is 0 Å². The van der Waals surface area contributed by atoms with Crippen LogP contribution in [0.2, 0.25) is 0 Å². The van der Waals surface area contributed by atoms with E-state index in [1.165, 1.54) is 116 Å². The van der Waals surface area contributed by atoms with Crippen molar-refractivity contribution < 1.29 is 9.47 Å². The van der Waals surface area contributed by atoms with E-state index in [4.69, 9.17) is 20.9 Å². The molecule has 0 amide bonds. The summed E-state index contributed by atoms with van der Waals surface area (Å²) in [5.41, 5.74) is 12.6. The first-order valence-corrected chi connectivity index (χ1v) is 19.2. The van der Waals surface area contributed by atoms with Crippen molar-refractivity contribution >= 4 is 0 Å². The molecule has 4 aliphatic rings. The lowest BCUT2D eigenvalue weighted by Crippen LogP contribution is -2.59. The molecule has 4 aliphatic carbocycles. The van der Waals surface area contributed by atoms with Gasteiger partial charge in [0.15, 0.2) is 0 Å². The Kier molecular flexibility index (Phi) is 14.6. The first-order valence-electron chi connectivity index (χ1n) is 19.2. The fraction of sp³-hybridized carbons (Fsp3) is 1.00. The fourth-order valence-electron chi connectivity index (χ4n) is 11.0. The molecule has 5 N–H and O–H groups in total. The highest BCUT2D eigenvalue weighted by Gasteiger charge is 2.63. The minimum atomic E-state index is 0.405. The Morgan fingerprint density at radius 2 is 1.42 bits per heavy atom. The molecular formula is C38H73N3O2. The van der Waals surface area contributed by atoms with Crippen molar-refractivity contribution in [3.05, 3.63) is 0 Å². The molecule has 5 nitrogen and oxygen atoms in total. The molecule has 0 heterocycles. The molecule has 0 aromatic heterocycles. The molecule has 0 saturated heterocycles. The van der Waals surface area contributed by atoms with Crippen molar-refractivity contribution in [3.63, 3.8) is 0 Å². The van der Waals surface area contributed by atoms with Gasteiger partial charge < -0.3 is 26.3 Å². The van der Waals surface area contributed by atoms with Crippen molar-refractivity contribution in [3.8, 4) is 0 Å². The zero-order valence-corrected chi connectivity index (χ0v) is 29.1. The lowest BCUT2D eigenvalue weighted by molar-refractivity contribution is -0.191. The highest BCUT2D eigenvalue weighted by atomic mass is 16.5. The Labute approximate surface area is 267 Å². The van der Waals surface area contributed by atoms with Gasteiger partial charge in [-0.3, -0.25) is 0 Å². The standard InChI is InChI=1S/C38H73N3O2/c1-5-6-7-8-9-10-23-41-24-11-14-29(2)32-15-16-33-36-34(18-20-38(32,33)4)37(3)19-17-31(42-25-12-21-39)27-30(37)28-35(36)43-26-13-22-40/h29-36,41H,5-28,39-40H2,1-4H3/t29-,30?,31-,32-,33+,34+,35-,36?,37+,38?/m1/s1. The molecule has 252 valence electrons. The van der Waals surface area contributed by atoms with Gasteiger partial charge in [-0.15, -0.1) is 0 Å². The highest BCUT2D eigenvalue weighted by molar-refractivity contribution is 5.12. The Bertz CT molecular complexity index is 780. The second-order valence-electron chi connectivity index (χ2n) is 16.1. The number of unbranched alkanes of at least 4 members (excludes halogenated alkanes) is 5. The first kappa shape index (κ1) is 35.7. The number of nitrogens with two attached hydrogens (primary N) is 2. The van der Waals surface area contributed by atoms with Crippen LogP contribution in [0.15, 0.2) is 0 Å². The van der Waals surface area contributed by atoms with Crippen molar-refractivity contribution in [2.75, 3.05) is 39.4 Å². The maximum absolute atomic E-state index is 6.86. The molecule has 0 aromatic rings. The summed E-state index contributed by atoms with van der Waals surface area (Å²) in [6.07, 6.45) is 24.5. The van der Waals surface area contributed by atoms with Crippen molar-refractivity contribution in [2.45, 2.75) is 155 Å². The Morgan fingerprint density at radius 3 is 2.19 bits per heavy atom. The second kappa shape index (κ2) is 17.6. The zero-order valence-electron chi connectivity index (χ0n) is 29.1. The summed E-state index contributed by atoms with van der Waals surface area (Å²) in [6, 6.07) is 0. The predicted octanol–water partition coefficient (Wildman–Crippen LogP) is 8.09. The summed E-state index contributed by atoms with van der Waals surface area (Å²) in [5, 5.41) is 3.76. The van der Waals surface area contributed by atoms with Crippen LogP contribution in [-0.2, 0) is 9.47 Å². The Hall–Kier alpha value is -0.200. The van der Waals surface area contributed by atoms with Crippen LogP contribution in [0.3, 0.4) is 0 Å². The minimum absolute atomic E-state index is 0.405. The number of ether oxygens (including phenoxy) is 2. The summed E-state index contributed by atoms with van der Waals surface area (Å²) in [4.78, 5) is 0. The van der Waals surface area contributed by atoms with Crippen LogP contribution >= 0.6 is 0 Å². The third-order valence-electron chi connectivity index (χ3n) is 13.5. The molecule has 5 heteroatoms. The molecular weight excluding hydrogens is 530 g/mol. The number of hydrogen-bond donors (Lipinski definition) is 3. The SMILES string of the molecule is CCCCCCCCNCCC[C@@H](C)[C@H]1CC[C@H]2C3[C@H](OCCCN)CC4C[C@H](OCCCN)CC[C@]4(C)[C@H]3CCC12C. The number of fused-ring (bicyclic) bond motifs is 5. The molecule has 0 radical (unpaired) electrons. The van der Waals surface area contributed by atoms with E-state index in [-0.39, 0.29) is 0 Å². The van der Waals surface area contributed by atoms with Gasteiger partial charge in [0.2, 0.25) is 0 Å². The predicted molar refractivity (Wildman–Crippen MR) is 182 cm³/mol. The van der Waals surface area contributed by atoms with Crippen LogP contribution in [0.5, 0.6) is 0 Å². The van der Waals surface area contributed by atoms with Crippen molar-refractivity contribution in [2.24, 2.45) is 57.8 Å². The lowest BCUT2D eigenvalue weighted by Gasteiger charge is -2.63. The Morgan fingerprint density at radius 1 is 0.744 bits per heavy atom. The fourth-order valence-corrected chi connectivity index (χ4v) is 11.0. The molecule has 0 aliphatic heterocycles.